The van der Waals surface area contributed by atoms with Crippen LogP contribution >= 0.6 is 27.7 Å². The molecule has 0 saturated carbocycles. The number of nitrogens with one attached hydrogen (secondary N) is 1. The van der Waals surface area contributed by atoms with Crippen molar-refractivity contribution in [1.29, 1.82) is 5.26 Å². The van der Waals surface area contributed by atoms with Crippen LogP contribution in [0.25, 0.3) is 0 Å². The molecule has 21 heavy (non-hydrogen) atoms. The van der Waals surface area contributed by atoms with Gasteiger partial charge in [-0.05, 0) is 25.1 Å². The first-order chi connectivity index (χ1) is 9.93. The molecule has 2 rings (SSSR count). The van der Waals surface area contributed by atoms with E-state index in [2.05, 4.69) is 21.2 Å². The number of amides is 2. The van der Waals surface area contributed by atoms with Crippen molar-refractivity contribution in [2.24, 2.45) is 0 Å². The number of carboxylic acids is 1. The van der Waals surface area contributed by atoms with E-state index in [1.54, 1.807) is 25.1 Å². The van der Waals surface area contributed by atoms with Gasteiger partial charge in [0.25, 0.3) is 0 Å². The Morgan fingerprint density at radius 3 is 2.90 bits per heavy atom. The van der Waals surface area contributed by atoms with Gasteiger partial charge in [0.15, 0.2) is 0 Å². The molecule has 110 valence electrons. The van der Waals surface area contributed by atoms with E-state index in [1.165, 1.54) is 16.7 Å². The number of thioether (sulfide) groups is 1. The highest BCUT2D eigenvalue weighted by atomic mass is 79.9. The summed E-state index contributed by atoms with van der Waals surface area (Å²) in [5, 5.41) is 20.6. The van der Waals surface area contributed by atoms with Crippen LogP contribution in [0.4, 0.5) is 10.5 Å². The summed E-state index contributed by atoms with van der Waals surface area (Å²) in [6.45, 7) is 1.78. The van der Waals surface area contributed by atoms with Gasteiger partial charge in [0.2, 0.25) is 0 Å². The van der Waals surface area contributed by atoms with E-state index in [4.69, 9.17) is 10.4 Å². The van der Waals surface area contributed by atoms with Crippen LogP contribution in [-0.4, -0.2) is 39.2 Å². The molecule has 6 nitrogen and oxygen atoms in total. The molecule has 1 aliphatic heterocycles. The fraction of sp³-hybridized carbons (Fsp3) is 0.308. The molecule has 2 N–H and O–H groups in total. The lowest BCUT2D eigenvalue weighted by atomic mass is 10.2. The number of carbonyl (C=O) groups is 2. The van der Waals surface area contributed by atoms with Gasteiger partial charge in [-0.25, -0.2) is 9.59 Å². The van der Waals surface area contributed by atoms with Crippen molar-refractivity contribution in [2.45, 2.75) is 18.3 Å². The van der Waals surface area contributed by atoms with Gasteiger partial charge in [0.1, 0.15) is 12.1 Å². The highest BCUT2D eigenvalue weighted by Crippen LogP contribution is 2.30. The number of halogens is 1. The third-order valence-electron chi connectivity index (χ3n) is 3.09. The molecular weight excluding hydrogens is 358 g/mol. The molecule has 2 atom stereocenters. The first-order valence-corrected chi connectivity index (χ1v) is 7.91. The Morgan fingerprint density at radius 1 is 1.57 bits per heavy atom. The minimum Gasteiger partial charge on any atom is -0.480 e. The van der Waals surface area contributed by atoms with E-state index in [1.807, 2.05) is 6.07 Å². The Kier molecular flexibility index (Phi) is 4.75. The second-order valence-corrected chi connectivity index (χ2v) is 6.69. The van der Waals surface area contributed by atoms with Gasteiger partial charge in [0.05, 0.1) is 16.6 Å². The Bertz CT molecular complexity index is 632. The van der Waals surface area contributed by atoms with E-state index >= 15 is 0 Å². The summed E-state index contributed by atoms with van der Waals surface area (Å²) < 4.78 is 0.727. The van der Waals surface area contributed by atoms with Crippen LogP contribution < -0.4 is 5.32 Å². The second-order valence-electron chi connectivity index (χ2n) is 4.43. The maximum Gasteiger partial charge on any atom is 0.327 e. The SMILES string of the molecule is CC1SCC(C(=O)O)N1C(=O)Nc1ccc(Br)cc1C#N. The first kappa shape index (κ1) is 15.7. The van der Waals surface area contributed by atoms with Crippen molar-refractivity contribution in [3.63, 3.8) is 0 Å². The van der Waals surface area contributed by atoms with Crippen molar-refractivity contribution in [3.05, 3.63) is 28.2 Å². The van der Waals surface area contributed by atoms with Gasteiger partial charge in [-0.2, -0.15) is 5.26 Å². The number of hydrogen-bond donors (Lipinski definition) is 2. The number of nitrogens with zero attached hydrogens (tertiary/aromatic N) is 2. The fourth-order valence-electron chi connectivity index (χ4n) is 2.04. The van der Waals surface area contributed by atoms with Crippen molar-refractivity contribution >= 4 is 45.4 Å². The number of urea groups is 1. The van der Waals surface area contributed by atoms with Crippen LogP contribution in [0.3, 0.4) is 0 Å². The van der Waals surface area contributed by atoms with Gasteiger partial charge in [-0.3, -0.25) is 4.90 Å². The molecule has 1 aromatic carbocycles. The molecular formula is C13H12BrN3O3S. The van der Waals surface area contributed by atoms with Crippen molar-refractivity contribution < 1.29 is 14.7 Å². The number of anilines is 1. The van der Waals surface area contributed by atoms with Crippen LogP contribution in [0.5, 0.6) is 0 Å². The number of carboxylic acid groups (broad SMARTS) is 1. The molecule has 1 aromatic rings. The molecule has 1 fully saturated rings. The lowest BCUT2D eigenvalue weighted by molar-refractivity contribution is -0.141. The van der Waals surface area contributed by atoms with Crippen LogP contribution in [0.15, 0.2) is 22.7 Å². The van der Waals surface area contributed by atoms with Crippen LogP contribution in [0.1, 0.15) is 12.5 Å². The maximum absolute atomic E-state index is 12.3. The average molecular weight is 370 g/mol. The summed E-state index contributed by atoms with van der Waals surface area (Å²) in [6, 6.07) is 5.51. The predicted molar refractivity (Wildman–Crippen MR) is 83.1 cm³/mol. The van der Waals surface area contributed by atoms with E-state index in [-0.39, 0.29) is 5.37 Å². The highest BCUT2D eigenvalue weighted by molar-refractivity contribution is 9.10. The van der Waals surface area contributed by atoms with Crippen LogP contribution in [-0.2, 0) is 4.79 Å². The molecule has 2 unspecified atom stereocenters. The van der Waals surface area contributed by atoms with E-state index in [0.29, 0.717) is 17.0 Å². The van der Waals surface area contributed by atoms with E-state index in [0.717, 1.165) is 4.47 Å². The molecule has 0 aliphatic carbocycles. The molecule has 8 heteroatoms. The fourth-order valence-corrected chi connectivity index (χ4v) is 3.57. The second kappa shape index (κ2) is 6.37. The first-order valence-electron chi connectivity index (χ1n) is 6.07. The third kappa shape index (κ3) is 3.31. The predicted octanol–water partition coefficient (Wildman–Crippen LogP) is 2.70. The molecule has 2 amide bonds. The molecule has 0 aromatic heterocycles. The molecule has 0 spiro atoms. The minimum absolute atomic E-state index is 0.230. The molecule has 0 radical (unpaired) electrons. The smallest absolute Gasteiger partial charge is 0.327 e. The van der Waals surface area contributed by atoms with Gasteiger partial charge in [0, 0.05) is 10.2 Å². The van der Waals surface area contributed by atoms with E-state index in [9.17, 15) is 9.59 Å². The third-order valence-corrected chi connectivity index (χ3v) is 4.80. The largest absolute Gasteiger partial charge is 0.480 e. The lowest BCUT2D eigenvalue weighted by Crippen LogP contribution is -2.46. The van der Waals surface area contributed by atoms with Gasteiger partial charge < -0.3 is 10.4 Å². The molecule has 1 aliphatic rings. The van der Waals surface area contributed by atoms with Crippen molar-refractivity contribution in [1.82, 2.24) is 4.90 Å². The topological polar surface area (TPSA) is 93.4 Å². The zero-order chi connectivity index (χ0) is 15.6. The Hall–Kier alpha value is -1.72. The van der Waals surface area contributed by atoms with Gasteiger partial charge in [-0.15, -0.1) is 11.8 Å². The Balaban J connectivity index is 2.22. The number of benzene rings is 1. The molecule has 0 bridgehead atoms. The molecule has 1 heterocycles. The van der Waals surface area contributed by atoms with Gasteiger partial charge >= 0.3 is 12.0 Å². The quantitative estimate of drug-likeness (QED) is 0.835. The summed E-state index contributed by atoms with van der Waals surface area (Å²) in [5.41, 5.74) is 0.669. The summed E-state index contributed by atoms with van der Waals surface area (Å²) in [5.74, 6) is -0.673. The Labute approximate surface area is 134 Å². The monoisotopic (exact) mass is 369 g/mol. The van der Waals surface area contributed by atoms with Crippen molar-refractivity contribution in [3.8, 4) is 6.07 Å². The summed E-state index contributed by atoms with van der Waals surface area (Å²) in [7, 11) is 0. The summed E-state index contributed by atoms with van der Waals surface area (Å²) in [4.78, 5) is 24.8. The summed E-state index contributed by atoms with van der Waals surface area (Å²) in [6.07, 6.45) is 0. The zero-order valence-electron chi connectivity index (χ0n) is 11.0. The average Bonchev–Trinajstić information content (AvgIpc) is 2.82. The number of rotatable bonds is 2. The van der Waals surface area contributed by atoms with Gasteiger partial charge in [-0.1, -0.05) is 15.9 Å². The lowest BCUT2D eigenvalue weighted by Gasteiger charge is -2.25. The van der Waals surface area contributed by atoms with E-state index < -0.39 is 18.0 Å². The zero-order valence-corrected chi connectivity index (χ0v) is 13.4. The standard InChI is InChI=1S/C13H12BrN3O3S/c1-7-17(11(6-21-7)12(18)19)13(20)16-10-3-2-9(14)4-8(10)5-15/h2-4,7,11H,6H2,1H3,(H,16,20)(H,18,19). The highest BCUT2D eigenvalue weighted by Gasteiger charge is 2.39. The number of carbonyl (C=O) groups excluding carboxylic acids is 1. The normalized spacial score (nSPS) is 20.9. The van der Waals surface area contributed by atoms with Crippen molar-refractivity contribution in [2.75, 3.05) is 11.1 Å². The van der Waals surface area contributed by atoms with Crippen LogP contribution in [0.2, 0.25) is 0 Å². The summed E-state index contributed by atoms with van der Waals surface area (Å²) >= 11 is 4.66. The number of nitriles is 1. The number of aliphatic carboxylic acids is 1. The minimum atomic E-state index is -1.03. The molecule has 1 saturated heterocycles. The number of hydrogen-bond acceptors (Lipinski definition) is 4. The maximum atomic E-state index is 12.3. The Morgan fingerprint density at radius 2 is 2.29 bits per heavy atom. The van der Waals surface area contributed by atoms with Crippen LogP contribution in [0, 0.1) is 11.3 Å².